The van der Waals surface area contributed by atoms with Crippen LogP contribution in [0.15, 0.2) is 24.3 Å². The number of unbranched alkanes of at least 4 members (excludes halogenated alkanes) is 6. The molecule has 2 heterocycles. The van der Waals surface area contributed by atoms with Gasteiger partial charge in [-0.2, -0.15) is 0 Å². The topological polar surface area (TPSA) is 141 Å². The molecular weight excluding hydrogens is 526 g/mol. The van der Waals surface area contributed by atoms with E-state index in [-0.39, 0.29) is 37.1 Å². The number of phenols is 1. The average molecular weight is 568 g/mol. The van der Waals surface area contributed by atoms with Crippen LogP contribution in [0.5, 0.6) is 23.0 Å². The predicted molar refractivity (Wildman–Crippen MR) is 152 cm³/mol. The Hall–Kier alpha value is -3.66. The molecule has 1 saturated heterocycles. The Bertz CT molecular complexity index is 1270. The first kappa shape index (κ1) is 28.9. The van der Waals surface area contributed by atoms with Crippen LogP contribution in [0, 0.1) is 18.8 Å². The van der Waals surface area contributed by atoms with E-state index >= 15 is 0 Å². The van der Waals surface area contributed by atoms with Crippen molar-refractivity contribution < 1.29 is 33.6 Å². The van der Waals surface area contributed by atoms with Crippen molar-refractivity contribution in [3.8, 4) is 23.0 Å². The van der Waals surface area contributed by atoms with Gasteiger partial charge in [-0.05, 0) is 66.8 Å². The lowest BCUT2D eigenvalue weighted by atomic mass is 9.65. The lowest BCUT2D eigenvalue weighted by Gasteiger charge is -2.39. The third-order valence-corrected chi connectivity index (χ3v) is 8.51. The molecule has 1 fully saturated rings. The maximum absolute atomic E-state index is 13.2. The number of methoxy groups -OCH3 is 1. The second-order valence-corrected chi connectivity index (χ2v) is 11.2. The van der Waals surface area contributed by atoms with E-state index in [4.69, 9.17) is 24.7 Å². The van der Waals surface area contributed by atoms with Gasteiger partial charge in [-0.15, -0.1) is 0 Å². The molecule has 0 spiro atoms. The quantitative estimate of drug-likeness (QED) is 0.218. The minimum absolute atomic E-state index is 0.0614. The molecule has 0 aromatic heterocycles. The maximum Gasteiger partial charge on any atom is 0.315 e. The molecule has 1 unspecified atom stereocenters. The minimum atomic E-state index is -0.541. The van der Waals surface area contributed by atoms with Gasteiger partial charge in [0.25, 0.3) is 0 Å². The van der Waals surface area contributed by atoms with Crippen LogP contribution in [0.25, 0.3) is 0 Å². The number of cyclic esters (lactones) is 1. The van der Waals surface area contributed by atoms with Crippen molar-refractivity contribution in [1.82, 2.24) is 10.6 Å². The van der Waals surface area contributed by atoms with Crippen molar-refractivity contribution in [1.29, 1.82) is 0 Å². The number of nitrogens with one attached hydrogen (secondary N) is 2. The number of aromatic hydroxyl groups is 1. The molecule has 1 aliphatic carbocycles. The maximum atomic E-state index is 13.2. The molecule has 2 aliphatic heterocycles. The SMILES string of the molecule is COc1cc(C2c3cc4c(cc3[C@@H](NC(=O)NCCCCCCCCCN)[C@H]3COC(=O)[C@H]23)OCO4)cc(C)c1O. The molecule has 0 saturated carbocycles. The van der Waals surface area contributed by atoms with E-state index in [1.54, 1.807) is 13.0 Å². The molecule has 0 bridgehead atoms. The molecule has 222 valence electrons. The Morgan fingerprint density at radius 1 is 1.00 bits per heavy atom. The second kappa shape index (κ2) is 12.9. The number of hydrogen-bond acceptors (Lipinski definition) is 8. The van der Waals surface area contributed by atoms with Gasteiger partial charge < -0.3 is 40.4 Å². The summed E-state index contributed by atoms with van der Waals surface area (Å²) in [6, 6.07) is 6.71. The summed E-state index contributed by atoms with van der Waals surface area (Å²) in [6.45, 7) is 3.42. The fourth-order valence-electron chi connectivity index (χ4n) is 6.40. The fourth-order valence-corrected chi connectivity index (χ4v) is 6.40. The number of phenolic OH excluding ortho intramolecular Hbond substituents is 1. The molecule has 10 heteroatoms. The van der Waals surface area contributed by atoms with Crippen molar-refractivity contribution in [3.05, 3.63) is 46.5 Å². The van der Waals surface area contributed by atoms with Gasteiger partial charge in [0.05, 0.1) is 25.7 Å². The van der Waals surface area contributed by atoms with Gasteiger partial charge in [0.15, 0.2) is 23.0 Å². The first-order valence-corrected chi connectivity index (χ1v) is 14.6. The van der Waals surface area contributed by atoms with Crippen LogP contribution in [-0.4, -0.2) is 50.7 Å². The van der Waals surface area contributed by atoms with Gasteiger partial charge in [0.1, 0.15) is 0 Å². The predicted octanol–water partition coefficient (Wildman–Crippen LogP) is 4.40. The number of esters is 1. The van der Waals surface area contributed by atoms with Gasteiger partial charge in [-0.1, -0.05) is 38.2 Å². The summed E-state index contributed by atoms with van der Waals surface area (Å²) in [7, 11) is 1.50. The summed E-state index contributed by atoms with van der Waals surface area (Å²) in [4.78, 5) is 26.3. The zero-order valence-corrected chi connectivity index (χ0v) is 23.9. The molecule has 3 aliphatic rings. The number of carbonyl (C=O) groups excluding carboxylic acids is 2. The number of ether oxygens (including phenoxy) is 4. The first-order valence-electron chi connectivity index (χ1n) is 14.6. The number of benzene rings is 2. The van der Waals surface area contributed by atoms with E-state index in [0.717, 1.165) is 48.9 Å². The zero-order chi connectivity index (χ0) is 28.9. The van der Waals surface area contributed by atoms with Crippen LogP contribution in [0.4, 0.5) is 4.79 Å². The lowest BCUT2D eigenvalue weighted by Crippen LogP contribution is -2.46. The Morgan fingerprint density at radius 3 is 2.39 bits per heavy atom. The molecule has 10 nitrogen and oxygen atoms in total. The Labute approximate surface area is 240 Å². The highest BCUT2D eigenvalue weighted by molar-refractivity contribution is 5.80. The van der Waals surface area contributed by atoms with E-state index in [1.165, 1.54) is 26.4 Å². The summed E-state index contributed by atoms with van der Waals surface area (Å²) in [6.07, 6.45) is 7.75. The van der Waals surface area contributed by atoms with E-state index < -0.39 is 17.9 Å². The summed E-state index contributed by atoms with van der Waals surface area (Å²) in [5, 5.41) is 16.6. The normalized spacial score (nSPS) is 22.1. The summed E-state index contributed by atoms with van der Waals surface area (Å²) < 4.78 is 22.4. The average Bonchev–Trinajstić information content (AvgIpc) is 3.59. The van der Waals surface area contributed by atoms with E-state index in [1.807, 2.05) is 18.2 Å². The smallest absolute Gasteiger partial charge is 0.315 e. The first-order chi connectivity index (χ1) is 19.9. The summed E-state index contributed by atoms with van der Waals surface area (Å²) in [5.41, 5.74) is 8.71. The molecule has 2 amide bonds. The summed E-state index contributed by atoms with van der Waals surface area (Å²) >= 11 is 0. The minimum Gasteiger partial charge on any atom is -0.504 e. The largest absolute Gasteiger partial charge is 0.504 e. The number of nitrogens with two attached hydrogens (primary N) is 1. The monoisotopic (exact) mass is 567 g/mol. The standard InChI is InChI=1S/C31H41N3O7/c1-18-12-19(13-25(38-2)29(18)35)26-20-14-23-24(41-17-40-23)15-21(20)28(22-16-39-30(36)27(22)26)34-31(37)33-11-9-7-5-3-4-6-8-10-32/h12-15,22,26-28,35H,3-11,16-17,32H2,1-2H3,(H2,33,34,37)/t22-,26?,27-,28+/m0/s1. The number of hydrogen-bond donors (Lipinski definition) is 4. The molecule has 2 aromatic carbocycles. The highest BCUT2D eigenvalue weighted by Crippen LogP contribution is 2.55. The van der Waals surface area contributed by atoms with Crippen LogP contribution < -0.4 is 30.6 Å². The molecule has 0 radical (unpaired) electrons. The van der Waals surface area contributed by atoms with E-state index in [2.05, 4.69) is 10.6 Å². The zero-order valence-electron chi connectivity index (χ0n) is 23.9. The second-order valence-electron chi connectivity index (χ2n) is 11.2. The van der Waals surface area contributed by atoms with E-state index in [9.17, 15) is 14.7 Å². The third kappa shape index (κ3) is 6.02. The van der Waals surface area contributed by atoms with Crippen LogP contribution in [0.2, 0.25) is 0 Å². The number of amides is 2. The molecule has 4 atom stereocenters. The number of urea groups is 1. The molecular formula is C31H41N3O7. The third-order valence-electron chi connectivity index (χ3n) is 8.51. The highest BCUT2D eigenvalue weighted by Gasteiger charge is 2.53. The van der Waals surface area contributed by atoms with Crippen molar-refractivity contribution in [2.75, 3.05) is 33.6 Å². The van der Waals surface area contributed by atoms with Crippen LogP contribution in [0.3, 0.4) is 0 Å². The molecule has 5 N–H and O–H groups in total. The number of carbonyl (C=O) groups is 2. The summed E-state index contributed by atoms with van der Waals surface area (Å²) in [5.74, 6) is 0.0505. The van der Waals surface area contributed by atoms with Crippen molar-refractivity contribution >= 4 is 12.0 Å². The Kier molecular flexibility index (Phi) is 9.07. The van der Waals surface area contributed by atoms with Gasteiger partial charge >= 0.3 is 12.0 Å². The van der Waals surface area contributed by atoms with Crippen molar-refractivity contribution in [2.45, 2.75) is 63.8 Å². The lowest BCUT2D eigenvalue weighted by molar-refractivity contribution is -0.141. The van der Waals surface area contributed by atoms with Crippen LogP contribution in [0.1, 0.15) is 79.2 Å². The number of fused-ring (bicyclic) bond motifs is 3. The van der Waals surface area contributed by atoms with E-state index in [0.29, 0.717) is 29.4 Å². The highest BCUT2D eigenvalue weighted by atomic mass is 16.7. The number of rotatable bonds is 12. The van der Waals surface area contributed by atoms with Gasteiger partial charge in [-0.25, -0.2) is 4.79 Å². The molecule has 2 aromatic rings. The van der Waals surface area contributed by atoms with Crippen molar-refractivity contribution in [2.24, 2.45) is 17.6 Å². The molecule has 41 heavy (non-hydrogen) atoms. The van der Waals surface area contributed by atoms with Crippen LogP contribution >= 0.6 is 0 Å². The Balaban J connectivity index is 1.37. The van der Waals surface area contributed by atoms with Gasteiger partial charge in [0, 0.05) is 18.4 Å². The van der Waals surface area contributed by atoms with Gasteiger partial charge in [-0.3, -0.25) is 4.79 Å². The fraction of sp³-hybridized carbons (Fsp3) is 0.548. The Morgan fingerprint density at radius 2 is 1.68 bits per heavy atom. The molecule has 5 rings (SSSR count). The van der Waals surface area contributed by atoms with Crippen LogP contribution in [-0.2, 0) is 9.53 Å². The number of aryl methyl sites for hydroxylation is 1. The van der Waals surface area contributed by atoms with Crippen molar-refractivity contribution in [3.63, 3.8) is 0 Å². The van der Waals surface area contributed by atoms with Gasteiger partial charge in [0.2, 0.25) is 6.79 Å².